The molecule has 0 aliphatic heterocycles. The maximum absolute atomic E-state index is 12.0. The van der Waals surface area contributed by atoms with Crippen LogP contribution in [0.5, 0.6) is 0 Å². The van der Waals surface area contributed by atoms with Crippen molar-refractivity contribution in [3.63, 3.8) is 0 Å². The molecule has 3 rings (SSSR count). The van der Waals surface area contributed by atoms with Gasteiger partial charge in [0.25, 0.3) is 0 Å². The predicted molar refractivity (Wildman–Crippen MR) is 119 cm³/mol. The number of carbonyl (C=O) groups excluding carboxylic acids is 2. The number of nitrogens with one attached hydrogen (secondary N) is 2. The molecule has 0 fully saturated rings. The third-order valence-corrected chi connectivity index (χ3v) is 5.01. The van der Waals surface area contributed by atoms with Crippen molar-refractivity contribution in [2.75, 3.05) is 0 Å². The summed E-state index contributed by atoms with van der Waals surface area (Å²) in [6, 6.07) is 13.7. The van der Waals surface area contributed by atoms with Crippen LogP contribution in [0.4, 0.5) is 0 Å². The second-order valence-electron chi connectivity index (χ2n) is 6.75. The average molecular weight is 468 g/mol. The Morgan fingerprint density at radius 3 is 2.63 bits per heavy atom. The number of pyridine rings is 1. The van der Waals surface area contributed by atoms with E-state index in [9.17, 15) is 9.59 Å². The maximum Gasteiger partial charge on any atom is 0.249 e. The number of nitrogens with zero attached hydrogens (tertiary/aromatic N) is 3. The van der Waals surface area contributed by atoms with Gasteiger partial charge in [-0.3, -0.25) is 14.6 Å². The van der Waals surface area contributed by atoms with Gasteiger partial charge in [0.2, 0.25) is 11.8 Å². The SMILES string of the molecule is Cc1cc(/C=N/NC(=O)CC(=O)NCc2cccnc2)c(C)n1-c1ccc(Br)cc1. The second kappa shape index (κ2) is 9.98. The smallest absolute Gasteiger partial charge is 0.249 e. The zero-order valence-corrected chi connectivity index (χ0v) is 18.3. The van der Waals surface area contributed by atoms with Gasteiger partial charge in [-0.1, -0.05) is 22.0 Å². The summed E-state index contributed by atoms with van der Waals surface area (Å²) in [4.78, 5) is 27.8. The molecule has 30 heavy (non-hydrogen) atoms. The first-order valence-electron chi connectivity index (χ1n) is 9.36. The molecule has 0 atom stereocenters. The molecule has 2 amide bonds. The lowest BCUT2D eigenvalue weighted by atomic mass is 10.2. The van der Waals surface area contributed by atoms with Crippen LogP contribution in [-0.2, 0) is 16.1 Å². The van der Waals surface area contributed by atoms with Crippen LogP contribution in [0.2, 0.25) is 0 Å². The van der Waals surface area contributed by atoms with Crippen molar-refractivity contribution in [3.05, 3.63) is 81.8 Å². The first-order valence-corrected chi connectivity index (χ1v) is 10.2. The molecule has 0 aliphatic rings. The van der Waals surface area contributed by atoms with Crippen molar-refractivity contribution in [2.24, 2.45) is 5.10 Å². The Balaban J connectivity index is 1.55. The third-order valence-electron chi connectivity index (χ3n) is 4.48. The van der Waals surface area contributed by atoms with Gasteiger partial charge in [0.05, 0.1) is 6.21 Å². The summed E-state index contributed by atoms with van der Waals surface area (Å²) in [5.74, 6) is -0.850. The van der Waals surface area contributed by atoms with Gasteiger partial charge in [-0.05, 0) is 55.8 Å². The van der Waals surface area contributed by atoms with E-state index in [1.807, 2.05) is 50.2 Å². The van der Waals surface area contributed by atoms with Crippen LogP contribution in [0.1, 0.15) is 28.9 Å². The van der Waals surface area contributed by atoms with Crippen LogP contribution in [0.3, 0.4) is 0 Å². The molecule has 8 heteroatoms. The van der Waals surface area contributed by atoms with E-state index in [0.29, 0.717) is 6.54 Å². The topological polar surface area (TPSA) is 88.4 Å². The van der Waals surface area contributed by atoms with Crippen molar-refractivity contribution in [2.45, 2.75) is 26.8 Å². The molecule has 0 unspecified atom stereocenters. The van der Waals surface area contributed by atoms with E-state index in [-0.39, 0.29) is 12.3 Å². The van der Waals surface area contributed by atoms with Gasteiger partial charge in [-0.2, -0.15) is 5.10 Å². The molecule has 0 saturated heterocycles. The summed E-state index contributed by atoms with van der Waals surface area (Å²) in [5, 5.41) is 6.68. The number of hydrogen-bond acceptors (Lipinski definition) is 4. The molecule has 0 radical (unpaired) electrons. The Morgan fingerprint density at radius 1 is 1.17 bits per heavy atom. The van der Waals surface area contributed by atoms with E-state index < -0.39 is 5.91 Å². The standard InChI is InChI=1S/C22H22BrN5O2/c1-15-10-18(16(2)28(15)20-7-5-19(23)6-8-20)14-26-27-22(30)11-21(29)25-13-17-4-3-9-24-12-17/h3-10,12,14H,11,13H2,1-2H3,(H,25,29)(H,27,30)/b26-14+. The van der Waals surface area contributed by atoms with Crippen molar-refractivity contribution in [1.82, 2.24) is 20.3 Å². The highest BCUT2D eigenvalue weighted by Gasteiger charge is 2.11. The van der Waals surface area contributed by atoms with Crippen LogP contribution in [0.25, 0.3) is 5.69 Å². The van der Waals surface area contributed by atoms with Crippen molar-refractivity contribution >= 4 is 34.0 Å². The number of aromatic nitrogens is 2. The fourth-order valence-electron chi connectivity index (χ4n) is 3.03. The van der Waals surface area contributed by atoms with Gasteiger partial charge < -0.3 is 9.88 Å². The summed E-state index contributed by atoms with van der Waals surface area (Å²) in [7, 11) is 0. The number of aryl methyl sites for hydroxylation is 1. The van der Waals surface area contributed by atoms with Gasteiger partial charge in [0.15, 0.2) is 0 Å². The third kappa shape index (κ3) is 5.64. The number of benzene rings is 1. The van der Waals surface area contributed by atoms with E-state index >= 15 is 0 Å². The maximum atomic E-state index is 12.0. The quantitative estimate of drug-likeness (QED) is 0.317. The van der Waals surface area contributed by atoms with E-state index in [4.69, 9.17) is 0 Å². The molecule has 0 aliphatic carbocycles. The number of carbonyl (C=O) groups is 2. The molecular formula is C22H22BrN5O2. The predicted octanol–water partition coefficient (Wildman–Crippen LogP) is 3.41. The van der Waals surface area contributed by atoms with E-state index in [2.05, 4.69) is 41.3 Å². The Morgan fingerprint density at radius 2 is 1.93 bits per heavy atom. The molecule has 0 spiro atoms. The first-order chi connectivity index (χ1) is 14.4. The van der Waals surface area contributed by atoms with Crippen LogP contribution < -0.4 is 10.7 Å². The highest BCUT2D eigenvalue weighted by atomic mass is 79.9. The van der Waals surface area contributed by atoms with Gasteiger partial charge >= 0.3 is 0 Å². The fourth-order valence-corrected chi connectivity index (χ4v) is 3.30. The molecule has 2 N–H and O–H groups in total. The van der Waals surface area contributed by atoms with Crippen molar-refractivity contribution < 1.29 is 9.59 Å². The summed E-state index contributed by atoms with van der Waals surface area (Å²) in [5.41, 5.74) is 7.26. The fraction of sp³-hybridized carbons (Fsp3) is 0.182. The number of hydrazone groups is 1. The largest absolute Gasteiger partial charge is 0.352 e. The second-order valence-corrected chi connectivity index (χ2v) is 7.66. The molecule has 2 heterocycles. The van der Waals surface area contributed by atoms with E-state index in [1.54, 1.807) is 24.7 Å². The zero-order valence-electron chi connectivity index (χ0n) is 16.7. The van der Waals surface area contributed by atoms with E-state index in [0.717, 1.165) is 32.7 Å². The highest BCUT2D eigenvalue weighted by Crippen LogP contribution is 2.21. The summed E-state index contributed by atoms with van der Waals surface area (Å²) in [6.45, 7) is 4.33. The van der Waals surface area contributed by atoms with Gasteiger partial charge in [-0.25, -0.2) is 5.43 Å². The normalized spacial score (nSPS) is 10.9. The lowest BCUT2D eigenvalue weighted by molar-refractivity contribution is -0.129. The zero-order chi connectivity index (χ0) is 21.5. The van der Waals surface area contributed by atoms with Gasteiger partial charge in [0.1, 0.15) is 6.42 Å². The molecule has 7 nitrogen and oxygen atoms in total. The Kier molecular flexibility index (Phi) is 7.13. The molecule has 154 valence electrons. The lowest BCUT2D eigenvalue weighted by Gasteiger charge is -2.09. The minimum Gasteiger partial charge on any atom is -0.352 e. The molecule has 3 aromatic rings. The van der Waals surface area contributed by atoms with Crippen LogP contribution in [-0.4, -0.2) is 27.6 Å². The Hall–Kier alpha value is -3.26. The van der Waals surface area contributed by atoms with Gasteiger partial charge in [-0.15, -0.1) is 0 Å². The highest BCUT2D eigenvalue weighted by molar-refractivity contribution is 9.10. The summed E-state index contributed by atoms with van der Waals surface area (Å²) in [6.07, 6.45) is 4.61. The first kappa shape index (κ1) is 21.4. The number of rotatable bonds is 7. The monoisotopic (exact) mass is 467 g/mol. The molecule has 0 saturated carbocycles. The van der Waals surface area contributed by atoms with E-state index in [1.165, 1.54) is 0 Å². The van der Waals surface area contributed by atoms with Crippen LogP contribution >= 0.6 is 15.9 Å². The number of amides is 2. The van der Waals surface area contributed by atoms with Crippen molar-refractivity contribution in [3.8, 4) is 5.69 Å². The minimum atomic E-state index is -0.475. The molecule has 0 bridgehead atoms. The molecular weight excluding hydrogens is 446 g/mol. The Labute approximate surface area is 183 Å². The minimum absolute atomic E-state index is 0.296. The van der Waals surface area contributed by atoms with Crippen LogP contribution in [0.15, 0.2) is 64.4 Å². The average Bonchev–Trinajstić information content (AvgIpc) is 3.01. The van der Waals surface area contributed by atoms with Crippen LogP contribution in [0, 0.1) is 13.8 Å². The summed E-state index contributed by atoms with van der Waals surface area (Å²) >= 11 is 3.44. The Bertz CT molecular complexity index is 1060. The lowest BCUT2D eigenvalue weighted by Crippen LogP contribution is -2.29. The summed E-state index contributed by atoms with van der Waals surface area (Å²) < 4.78 is 3.13. The van der Waals surface area contributed by atoms with Gasteiger partial charge in [0, 0.05) is 46.0 Å². The molecule has 1 aromatic carbocycles. The number of halogens is 1. The van der Waals surface area contributed by atoms with Crippen molar-refractivity contribution in [1.29, 1.82) is 0 Å². The molecule has 2 aromatic heterocycles. The number of hydrogen-bond donors (Lipinski definition) is 2.